The van der Waals surface area contributed by atoms with Crippen molar-refractivity contribution in [1.29, 1.82) is 0 Å². The van der Waals surface area contributed by atoms with E-state index >= 15 is 0 Å². The summed E-state index contributed by atoms with van der Waals surface area (Å²) in [5.41, 5.74) is 3.57. The van der Waals surface area contributed by atoms with Crippen LogP contribution in [0.15, 0.2) is 24.3 Å². The van der Waals surface area contributed by atoms with Crippen LogP contribution in [0.2, 0.25) is 0 Å². The fourth-order valence-corrected chi connectivity index (χ4v) is 4.24. The molecule has 2 aliphatic rings. The average Bonchev–Trinajstić information content (AvgIpc) is 3.03. The van der Waals surface area contributed by atoms with Gasteiger partial charge in [-0.2, -0.15) is 0 Å². The van der Waals surface area contributed by atoms with Crippen LogP contribution in [0.3, 0.4) is 0 Å². The van der Waals surface area contributed by atoms with Crippen molar-refractivity contribution in [3.63, 3.8) is 0 Å². The van der Waals surface area contributed by atoms with Gasteiger partial charge < -0.3 is 19.4 Å². The maximum Gasteiger partial charge on any atom is 0.224 e. The zero-order chi connectivity index (χ0) is 17.3. The minimum Gasteiger partial charge on any atom is -0.381 e. The molecule has 1 N–H and O–H groups in total. The van der Waals surface area contributed by atoms with E-state index in [1.54, 1.807) is 0 Å². The maximum atomic E-state index is 12.3. The Morgan fingerprint density at radius 2 is 2.12 bits per heavy atom. The summed E-state index contributed by atoms with van der Waals surface area (Å²) < 4.78 is 11.6. The Kier molecular flexibility index (Phi) is 4.52. The second-order valence-corrected chi connectivity index (χ2v) is 6.94. The molecule has 2 aliphatic heterocycles. The van der Waals surface area contributed by atoms with E-state index in [0.717, 1.165) is 39.0 Å². The molecule has 1 fully saturated rings. The van der Waals surface area contributed by atoms with E-state index in [-0.39, 0.29) is 11.5 Å². The lowest BCUT2D eigenvalue weighted by molar-refractivity contribution is -0.142. The summed E-state index contributed by atoms with van der Waals surface area (Å²) in [5, 5.41) is 1.32. The number of hydrogen-bond acceptors (Lipinski definition) is 3. The molecule has 1 aromatic heterocycles. The van der Waals surface area contributed by atoms with Crippen LogP contribution in [0.25, 0.3) is 10.9 Å². The monoisotopic (exact) mass is 342 g/mol. The van der Waals surface area contributed by atoms with Gasteiger partial charge in [0.15, 0.2) is 0 Å². The van der Waals surface area contributed by atoms with Crippen molar-refractivity contribution in [3.05, 3.63) is 35.5 Å². The number of fused-ring (bicyclic) bond motifs is 4. The average molecular weight is 342 g/mol. The van der Waals surface area contributed by atoms with Crippen molar-refractivity contribution in [1.82, 2.24) is 9.88 Å². The SMILES string of the molecule is CCOCCC(=O)N1CCC2(CC1)OCCc1c2[nH]c2ccccc12. The highest BCUT2D eigenvalue weighted by atomic mass is 16.5. The second kappa shape index (κ2) is 6.81. The van der Waals surface area contributed by atoms with Gasteiger partial charge in [-0.1, -0.05) is 18.2 Å². The third kappa shape index (κ3) is 2.96. The van der Waals surface area contributed by atoms with Crippen LogP contribution in [0, 0.1) is 0 Å². The van der Waals surface area contributed by atoms with Crippen LogP contribution in [0.5, 0.6) is 0 Å². The van der Waals surface area contributed by atoms with Gasteiger partial charge in [-0.15, -0.1) is 0 Å². The van der Waals surface area contributed by atoms with E-state index in [0.29, 0.717) is 19.6 Å². The van der Waals surface area contributed by atoms with Crippen LogP contribution < -0.4 is 0 Å². The standard InChI is InChI=1S/C20H26N2O3/c1-2-24-13-8-18(23)22-11-9-20(10-12-22)19-16(7-14-25-20)15-5-3-4-6-17(15)21-19/h3-6,21H,2,7-14H2,1H3. The molecule has 0 bridgehead atoms. The van der Waals surface area contributed by atoms with E-state index in [9.17, 15) is 4.79 Å². The van der Waals surface area contributed by atoms with Crippen LogP contribution in [0.4, 0.5) is 0 Å². The molecule has 5 heteroatoms. The highest BCUT2D eigenvalue weighted by molar-refractivity contribution is 5.85. The van der Waals surface area contributed by atoms with Gasteiger partial charge in [0.2, 0.25) is 5.91 Å². The van der Waals surface area contributed by atoms with Crippen molar-refractivity contribution in [2.24, 2.45) is 0 Å². The molecule has 0 unspecified atom stereocenters. The minimum absolute atomic E-state index is 0.191. The van der Waals surface area contributed by atoms with Crippen molar-refractivity contribution < 1.29 is 14.3 Å². The van der Waals surface area contributed by atoms with Gasteiger partial charge in [0, 0.05) is 30.6 Å². The number of aromatic nitrogens is 1. The van der Waals surface area contributed by atoms with Crippen LogP contribution >= 0.6 is 0 Å². The van der Waals surface area contributed by atoms with Gasteiger partial charge in [0.05, 0.1) is 25.3 Å². The number of H-pyrrole nitrogens is 1. The van der Waals surface area contributed by atoms with Gasteiger partial charge in [-0.05, 0) is 37.8 Å². The van der Waals surface area contributed by atoms with Crippen molar-refractivity contribution in [2.45, 2.75) is 38.2 Å². The summed E-state index contributed by atoms with van der Waals surface area (Å²) in [5.74, 6) is 0.191. The summed E-state index contributed by atoms with van der Waals surface area (Å²) in [6, 6.07) is 8.49. The maximum absolute atomic E-state index is 12.3. The number of likely N-dealkylation sites (tertiary alicyclic amines) is 1. The van der Waals surface area contributed by atoms with Crippen LogP contribution in [-0.2, 0) is 26.3 Å². The smallest absolute Gasteiger partial charge is 0.224 e. The number of ether oxygens (including phenoxy) is 2. The Hall–Kier alpha value is -1.85. The number of nitrogens with one attached hydrogen (secondary N) is 1. The predicted molar refractivity (Wildman–Crippen MR) is 96.6 cm³/mol. The van der Waals surface area contributed by atoms with Crippen molar-refractivity contribution in [3.8, 4) is 0 Å². The molecule has 1 aromatic carbocycles. The fraction of sp³-hybridized carbons (Fsp3) is 0.550. The van der Waals surface area contributed by atoms with Crippen molar-refractivity contribution >= 4 is 16.8 Å². The molecule has 0 atom stereocenters. The van der Waals surface area contributed by atoms with E-state index in [2.05, 4.69) is 29.2 Å². The summed E-state index contributed by atoms with van der Waals surface area (Å²) in [4.78, 5) is 17.9. The highest BCUT2D eigenvalue weighted by Crippen LogP contribution is 2.43. The number of carbonyl (C=O) groups excluding carboxylic acids is 1. The third-order valence-electron chi connectivity index (χ3n) is 5.59. The zero-order valence-corrected chi connectivity index (χ0v) is 14.8. The Morgan fingerprint density at radius 1 is 1.32 bits per heavy atom. The lowest BCUT2D eigenvalue weighted by atomic mass is 9.83. The van der Waals surface area contributed by atoms with E-state index in [4.69, 9.17) is 9.47 Å². The summed E-state index contributed by atoms with van der Waals surface area (Å²) in [6.07, 6.45) is 3.14. The molecule has 1 amide bonds. The minimum atomic E-state index is -0.261. The van der Waals surface area contributed by atoms with Crippen LogP contribution in [-0.4, -0.2) is 48.7 Å². The highest BCUT2D eigenvalue weighted by Gasteiger charge is 2.43. The van der Waals surface area contributed by atoms with Gasteiger partial charge in [-0.3, -0.25) is 4.79 Å². The number of amides is 1. The first kappa shape index (κ1) is 16.6. The van der Waals surface area contributed by atoms with E-state index < -0.39 is 0 Å². The molecule has 0 aliphatic carbocycles. The topological polar surface area (TPSA) is 54.6 Å². The molecule has 0 saturated carbocycles. The first-order valence-corrected chi connectivity index (χ1v) is 9.33. The molecule has 1 spiro atoms. The molecule has 1 saturated heterocycles. The lowest BCUT2D eigenvalue weighted by Crippen LogP contribution is -2.48. The first-order valence-electron chi connectivity index (χ1n) is 9.33. The Bertz CT molecular complexity index is 759. The lowest BCUT2D eigenvalue weighted by Gasteiger charge is -2.43. The second-order valence-electron chi connectivity index (χ2n) is 6.94. The Balaban J connectivity index is 1.51. The van der Waals surface area contributed by atoms with Gasteiger partial charge in [0.1, 0.15) is 5.60 Å². The number of hydrogen-bond donors (Lipinski definition) is 1. The molecule has 0 radical (unpaired) electrons. The number of benzene rings is 1. The molecule has 25 heavy (non-hydrogen) atoms. The molecule has 4 rings (SSSR count). The van der Waals surface area contributed by atoms with E-state index in [1.807, 2.05) is 11.8 Å². The number of carbonyl (C=O) groups is 1. The number of aromatic amines is 1. The molecular formula is C20H26N2O3. The normalized spacial score (nSPS) is 19.3. The van der Waals surface area contributed by atoms with Crippen molar-refractivity contribution in [2.75, 3.05) is 32.9 Å². The number of para-hydroxylation sites is 1. The Morgan fingerprint density at radius 3 is 2.92 bits per heavy atom. The number of piperidine rings is 1. The largest absolute Gasteiger partial charge is 0.381 e. The van der Waals surface area contributed by atoms with Gasteiger partial charge in [0.25, 0.3) is 0 Å². The summed E-state index contributed by atoms with van der Waals surface area (Å²) >= 11 is 0. The quantitative estimate of drug-likeness (QED) is 0.869. The van der Waals surface area contributed by atoms with Gasteiger partial charge in [-0.25, -0.2) is 0 Å². The van der Waals surface area contributed by atoms with Gasteiger partial charge >= 0.3 is 0 Å². The number of nitrogens with zero attached hydrogens (tertiary/aromatic N) is 1. The molecule has 5 nitrogen and oxygen atoms in total. The summed E-state index contributed by atoms with van der Waals surface area (Å²) in [7, 11) is 0. The molecule has 2 aromatic rings. The Labute approximate surface area is 148 Å². The number of rotatable bonds is 4. The van der Waals surface area contributed by atoms with E-state index in [1.165, 1.54) is 22.2 Å². The third-order valence-corrected chi connectivity index (χ3v) is 5.59. The molecular weight excluding hydrogens is 316 g/mol. The summed E-state index contributed by atoms with van der Waals surface area (Å²) in [6.45, 7) is 5.38. The predicted octanol–water partition coefficient (Wildman–Crippen LogP) is 2.98. The molecule has 3 heterocycles. The van der Waals surface area contributed by atoms with Crippen LogP contribution in [0.1, 0.15) is 37.4 Å². The zero-order valence-electron chi connectivity index (χ0n) is 14.8. The first-order chi connectivity index (χ1) is 12.2. The molecule has 134 valence electrons. The fourth-order valence-electron chi connectivity index (χ4n) is 4.24.